The molecule has 4 aromatic rings. The maximum atomic E-state index is 15.0. The molecule has 4 rings (SSSR count). The maximum absolute atomic E-state index is 15.0. The largest absolute Gasteiger partial charge is 0.366 e. The SMILES string of the molecule is CCCCc1ccc(C(N)=O)cc1-c1nc(NCCCN(CC)CC)nc2c1ccc(=O)n2-c1c(F)cccc1F. The fourth-order valence-corrected chi connectivity index (χ4v) is 4.90. The molecule has 0 spiro atoms. The number of primary amides is 1. The van der Waals surface area contributed by atoms with Crippen LogP contribution in [0.25, 0.3) is 28.0 Å². The molecule has 0 radical (unpaired) electrons. The van der Waals surface area contributed by atoms with Gasteiger partial charge < -0.3 is 16.0 Å². The Balaban J connectivity index is 1.96. The number of halogens is 2. The number of carbonyl (C=O) groups is 1. The number of hydrogen-bond donors (Lipinski definition) is 2. The summed E-state index contributed by atoms with van der Waals surface area (Å²) in [5.74, 6) is -2.18. The van der Waals surface area contributed by atoms with E-state index in [1.807, 2.05) is 6.07 Å². The van der Waals surface area contributed by atoms with E-state index in [4.69, 9.17) is 10.7 Å². The van der Waals surface area contributed by atoms with Crippen LogP contribution < -0.4 is 16.6 Å². The number of amides is 1. The van der Waals surface area contributed by atoms with Crippen molar-refractivity contribution in [2.45, 2.75) is 46.5 Å². The minimum absolute atomic E-state index is 0.0451. The van der Waals surface area contributed by atoms with Crippen molar-refractivity contribution in [3.8, 4) is 16.9 Å². The second-order valence-electron chi connectivity index (χ2n) is 9.86. The lowest BCUT2D eigenvalue weighted by atomic mass is 9.95. The zero-order valence-corrected chi connectivity index (χ0v) is 23.7. The van der Waals surface area contributed by atoms with Crippen molar-refractivity contribution < 1.29 is 13.6 Å². The lowest BCUT2D eigenvalue weighted by molar-refractivity contribution is 0.100. The quantitative estimate of drug-likeness (QED) is 0.214. The first-order valence-electron chi connectivity index (χ1n) is 14.1. The van der Waals surface area contributed by atoms with E-state index in [1.165, 1.54) is 12.1 Å². The third-order valence-electron chi connectivity index (χ3n) is 7.19. The van der Waals surface area contributed by atoms with E-state index in [0.717, 1.165) is 61.2 Å². The Hall–Kier alpha value is -4.18. The fourth-order valence-electron chi connectivity index (χ4n) is 4.90. The summed E-state index contributed by atoms with van der Waals surface area (Å²) in [6, 6.07) is 11.4. The minimum Gasteiger partial charge on any atom is -0.366 e. The van der Waals surface area contributed by atoms with Crippen molar-refractivity contribution in [2.24, 2.45) is 5.73 Å². The summed E-state index contributed by atoms with van der Waals surface area (Å²) in [7, 11) is 0. The van der Waals surface area contributed by atoms with Gasteiger partial charge in [-0.1, -0.05) is 39.3 Å². The molecule has 0 aliphatic rings. The molecule has 0 bridgehead atoms. The number of nitrogens with two attached hydrogens (primary N) is 1. The van der Waals surface area contributed by atoms with Crippen LogP contribution in [0, 0.1) is 11.6 Å². The van der Waals surface area contributed by atoms with Gasteiger partial charge in [-0.15, -0.1) is 0 Å². The third-order valence-corrected chi connectivity index (χ3v) is 7.19. The lowest BCUT2D eigenvalue weighted by Gasteiger charge is -2.19. The van der Waals surface area contributed by atoms with Gasteiger partial charge in [0.25, 0.3) is 5.56 Å². The molecule has 8 nitrogen and oxygen atoms in total. The molecule has 0 fully saturated rings. The summed E-state index contributed by atoms with van der Waals surface area (Å²) in [5, 5.41) is 3.64. The molecule has 0 atom stereocenters. The van der Waals surface area contributed by atoms with Gasteiger partial charge in [0, 0.05) is 29.1 Å². The van der Waals surface area contributed by atoms with Crippen molar-refractivity contribution in [1.29, 1.82) is 0 Å². The molecule has 2 aromatic carbocycles. The average molecular weight is 563 g/mol. The molecule has 2 heterocycles. The fraction of sp³-hybridized carbons (Fsp3) is 0.355. The summed E-state index contributed by atoms with van der Waals surface area (Å²) < 4.78 is 30.9. The Morgan fingerprint density at radius 1 is 1.00 bits per heavy atom. The van der Waals surface area contributed by atoms with Gasteiger partial charge in [-0.05, 0) is 74.8 Å². The van der Waals surface area contributed by atoms with Gasteiger partial charge in [0.2, 0.25) is 11.9 Å². The van der Waals surface area contributed by atoms with Gasteiger partial charge in [-0.3, -0.25) is 14.2 Å². The summed E-state index contributed by atoms with van der Waals surface area (Å²) in [6.07, 6.45) is 3.37. The van der Waals surface area contributed by atoms with Gasteiger partial charge in [-0.25, -0.2) is 13.8 Å². The zero-order valence-electron chi connectivity index (χ0n) is 23.7. The average Bonchev–Trinajstić information content (AvgIpc) is 2.96. The second-order valence-corrected chi connectivity index (χ2v) is 9.86. The first-order chi connectivity index (χ1) is 19.8. The van der Waals surface area contributed by atoms with Crippen LogP contribution in [0.5, 0.6) is 0 Å². The number of benzene rings is 2. The summed E-state index contributed by atoms with van der Waals surface area (Å²) in [6.45, 7) is 9.57. The van der Waals surface area contributed by atoms with Crippen LogP contribution in [0.1, 0.15) is 56.0 Å². The molecule has 1 amide bonds. The number of hydrogen-bond acceptors (Lipinski definition) is 6. The molecule has 0 saturated heterocycles. The van der Waals surface area contributed by atoms with Crippen molar-refractivity contribution in [2.75, 3.05) is 31.5 Å². The number of aryl methyl sites for hydroxylation is 1. The monoisotopic (exact) mass is 562 g/mol. The van der Waals surface area contributed by atoms with Crippen molar-refractivity contribution in [3.63, 3.8) is 0 Å². The normalized spacial score (nSPS) is 11.4. The van der Waals surface area contributed by atoms with E-state index >= 15 is 0 Å². The van der Waals surface area contributed by atoms with Crippen molar-refractivity contribution >= 4 is 22.9 Å². The van der Waals surface area contributed by atoms with Crippen LogP contribution in [-0.2, 0) is 6.42 Å². The molecular formula is C31H36F2N6O2. The molecule has 216 valence electrons. The van der Waals surface area contributed by atoms with Gasteiger partial charge in [0.15, 0.2) is 5.65 Å². The highest BCUT2D eigenvalue weighted by molar-refractivity contribution is 5.97. The number of anilines is 1. The number of aromatic nitrogens is 3. The first-order valence-corrected chi connectivity index (χ1v) is 14.1. The zero-order chi connectivity index (χ0) is 29.5. The third kappa shape index (κ3) is 6.59. The molecule has 10 heteroatoms. The van der Waals surface area contributed by atoms with Gasteiger partial charge >= 0.3 is 0 Å². The highest BCUT2D eigenvalue weighted by Crippen LogP contribution is 2.32. The molecule has 0 unspecified atom stereocenters. The van der Waals surface area contributed by atoms with Crippen molar-refractivity contribution in [1.82, 2.24) is 19.4 Å². The van der Waals surface area contributed by atoms with E-state index in [0.29, 0.717) is 35.2 Å². The number of pyridine rings is 1. The minimum atomic E-state index is -0.896. The van der Waals surface area contributed by atoms with E-state index < -0.39 is 28.8 Å². The Kier molecular flexibility index (Phi) is 9.78. The molecule has 0 saturated carbocycles. The predicted octanol–water partition coefficient (Wildman–Crippen LogP) is 5.31. The Bertz CT molecular complexity index is 1580. The van der Waals surface area contributed by atoms with Crippen LogP contribution in [0.4, 0.5) is 14.7 Å². The summed E-state index contributed by atoms with van der Waals surface area (Å²) in [5.41, 5.74) is 6.81. The predicted molar refractivity (Wildman–Crippen MR) is 159 cm³/mol. The number of nitrogens with one attached hydrogen (secondary N) is 1. The molecule has 41 heavy (non-hydrogen) atoms. The number of carbonyl (C=O) groups excluding carboxylic acids is 1. The number of rotatable bonds is 13. The van der Waals surface area contributed by atoms with Crippen LogP contribution in [0.2, 0.25) is 0 Å². The Morgan fingerprint density at radius 3 is 2.39 bits per heavy atom. The second kappa shape index (κ2) is 13.5. The van der Waals surface area contributed by atoms with E-state index in [2.05, 4.69) is 36.0 Å². The molecule has 3 N–H and O–H groups in total. The van der Waals surface area contributed by atoms with Gasteiger partial charge in [0.05, 0.1) is 5.69 Å². The Labute approximate surface area is 238 Å². The number of fused-ring (bicyclic) bond motifs is 1. The van der Waals surface area contributed by atoms with Crippen LogP contribution >= 0.6 is 0 Å². The van der Waals surface area contributed by atoms with Gasteiger partial charge in [0.1, 0.15) is 17.3 Å². The van der Waals surface area contributed by atoms with Gasteiger partial charge in [-0.2, -0.15) is 4.98 Å². The van der Waals surface area contributed by atoms with Crippen LogP contribution in [0.15, 0.2) is 53.3 Å². The van der Waals surface area contributed by atoms with Crippen LogP contribution in [-0.4, -0.2) is 51.5 Å². The molecule has 0 aliphatic heterocycles. The molecule has 2 aromatic heterocycles. The van der Waals surface area contributed by atoms with E-state index in [-0.39, 0.29) is 11.6 Å². The lowest BCUT2D eigenvalue weighted by Crippen LogP contribution is -2.25. The van der Waals surface area contributed by atoms with Crippen molar-refractivity contribution in [3.05, 3.63) is 81.6 Å². The summed E-state index contributed by atoms with van der Waals surface area (Å²) in [4.78, 5) is 37.0. The first kappa shape index (κ1) is 29.8. The number of nitrogens with zero attached hydrogens (tertiary/aromatic N) is 4. The molecular weight excluding hydrogens is 526 g/mol. The van der Waals surface area contributed by atoms with E-state index in [9.17, 15) is 18.4 Å². The van der Waals surface area contributed by atoms with E-state index in [1.54, 1.807) is 18.2 Å². The maximum Gasteiger partial charge on any atom is 0.256 e. The standard InChI is InChI=1S/C31H36F2N6O2/c1-4-7-10-20-13-14-21(29(34)41)19-23(20)27-22-15-16-26(40)39(28-24(32)11-8-12-25(28)33)30(22)37-31(36-27)35-17-9-18-38(5-2)6-3/h8,11-16,19H,4-7,9-10,17-18H2,1-3H3,(H2,34,41)(H,35,36,37). The van der Waals surface area contributed by atoms with Crippen LogP contribution in [0.3, 0.4) is 0 Å². The number of unbranched alkanes of at least 4 members (excludes halogenated alkanes) is 1. The summed E-state index contributed by atoms with van der Waals surface area (Å²) >= 11 is 0. The number of para-hydroxylation sites is 1. The smallest absolute Gasteiger partial charge is 0.256 e. The topological polar surface area (TPSA) is 106 Å². The highest BCUT2D eigenvalue weighted by atomic mass is 19.1. The highest BCUT2D eigenvalue weighted by Gasteiger charge is 2.21. The Morgan fingerprint density at radius 2 is 1.73 bits per heavy atom. The molecule has 0 aliphatic carbocycles.